The predicted octanol–water partition coefficient (Wildman–Crippen LogP) is 11.1. The van der Waals surface area contributed by atoms with Crippen LogP contribution in [0, 0.1) is 0 Å². The Labute approximate surface area is 278 Å². The molecule has 2 heterocycles. The highest BCUT2D eigenvalue weighted by Gasteiger charge is 2.17. The molecule has 0 aliphatic heterocycles. The summed E-state index contributed by atoms with van der Waals surface area (Å²) in [5.74, 6) is 1.88. The van der Waals surface area contributed by atoms with E-state index in [1.165, 1.54) is 21.9 Å². The van der Waals surface area contributed by atoms with Crippen molar-refractivity contribution in [1.82, 2.24) is 19.9 Å². The number of rotatable bonds is 5. The first-order valence-corrected chi connectivity index (χ1v) is 16.1. The topological polar surface area (TPSA) is 51.6 Å². The quantitative estimate of drug-likeness (QED) is 0.181. The van der Waals surface area contributed by atoms with Gasteiger partial charge in [0.2, 0.25) is 0 Å². The van der Waals surface area contributed by atoms with Crippen LogP contribution in [0.1, 0.15) is 0 Å². The molecule has 0 fully saturated rings. The number of aromatic nitrogens is 4. The van der Waals surface area contributed by atoms with Gasteiger partial charge in [-0.05, 0) is 39.4 Å². The minimum absolute atomic E-state index is 0.611. The molecule has 0 amide bonds. The van der Waals surface area contributed by atoms with Crippen molar-refractivity contribution in [2.45, 2.75) is 0 Å². The van der Waals surface area contributed by atoms with E-state index in [0.717, 1.165) is 49.6 Å². The van der Waals surface area contributed by atoms with Crippen LogP contribution in [-0.2, 0) is 0 Å². The minimum atomic E-state index is 0.611. The zero-order valence-electron chi connectivity index (χ0n) is 26.0. The standard InChI is InChI=1S/C44H28N4/c1-5-13-29(14-6-1)33-21-24-36-34(27-33)22-26-38-37-25-23-35(28-39(37)45-41(40(36)38)30-15-7-2-8-16-30)44-47-42(31-17-9-3-10-18-31)46-43(48-44)32-19-11-4-12-20-32/h1-28H. The van der Waals surface area contributed by atoms with Crippen molar-refractivity contribution in [2.24, 2.45) is 0 Å². The molecule has 0 bridgehead atoms. The van der Waals surface area contributed by atoms with E-state index in [2.05, 4.69) is 103 Å². The monoisotopic (exact) mass is 612 g/mol. The fourth-order valence-electron chi connectivity index (χ4n) is 6.53. The second-order valence-electron chi connectivity index (χ2n) is 11.9. The number of benzene rings is 7. The largest absolute Gasteiger partial charge is 0.247 e. The second kappa shape index (κ2) is 11.7. The van der Waals surface area contributed by atoms with Gasteiger partial charge >= 0.3 is 0 Å². The van der Waals surface area contributed by atoms with Crippen molar-refractivity contribution in [3.05, 3.63) is 170 Å². The summed E-state index contributed by atoms with van der Waals surface area (Å²) in [4.78, 5) is 20.2. The van der Waals surface area contributed by atoms with Crippen LogP contribution in [0.4, 0.5) is 0 Å². The summed E-state index contributed by atoms with van der Waals surface area (Å²) in [7, 11) is 0. The van der Waals surface area contributed by atoms with Crippen molar-refractivity contribution in [1.29, 1.82) is 0 Å². The molecule has 0 spiro atoms. The SMILES string of the molecule is c1ccc(-c2ccc3c(ccc4c5ccc(-c6nc(-c7ccccc7)nc(-c7ccccc7)n6)cc5nc(-c5ccccc5)c34)c2)cc1. The van der Waals surface area contributed by atoms with Gasteiger partial charge in [0.1, 0.15) is 0 Å². The molecular formula is C44H28N4. The lowest BCUT2D eigenvalue weighted by Crippen LogP contribution is -2.00. The maximum absolute atomic E-state index is 5.38. The lowest BCUT2D eigenvalue weighted by molar-refractivity contribution is 1.07. The Morgan fingerprint density at radius 3 is 1.38 bits per heavy atom. The summed E-state index contributed by atoms with van der Waals surface area (Å²) in [6, 6.07) is 58.7. The molecule has 48 heavy (non-hydrogen) atoms. The van der Waals surface area contributed by atoms with E-state index >= 15 is 0 Å². The van der Waals surface area contributed by atoms with Crippen molar-refractivity contribution in [3.63, 3.8) is 0 Å². The summed E-state index contributed by atoms with van der Waals surface area (Å²) in [6.45, 7) is 0. The van der Waals surface area contributed by atoms with Crippen molar-refractivity contribution in [2.75, 3.05) is 0 Å². The van der Waals surface area contributed by atoms with Crippen LogP contribution in [0.5, 0.6) is 0 Å². The maximum Gasteiger partial charge on any atom is 0.164 e. The highest BCUT2D eigenvalue weighted by atomic mass is 15.0. The van der Waals surface area contributed by atoms with E-state index in [9.17, 15) is 0 Å². The summed E-state index contributed by atoms with van der Waals surface area (Å²) < 4.78 is 0. The lowest BCUT2D eigenvalue weighted by atomic mass is 9.93. The molecule has 0 aliphatic carbocycles. The molecule has 9 rings (SSSR count). The molecule has 0 radical (unpaired) electrons. The first kappa shape index (κ1) is 27.8. The Hall–Kier alpha value is -6.52. The first-order chi connectivity index (χ1) is 23.8. The zero-order valence-corrected chi connectivity index (χ0v) is 26.0. The summed E-state index contributed by atoms with van der Waals surface area (Å²) in [5, 5.41) is 5.77. The number of nitrogens with zero attached hydrogens (tertiary/aromatic N) is 4. The van der Waals surface area contributed by atoms with Crippen LogP contribution in [0.15, 0.2) is 170 Å². The van der Waals surface area contributed by atoms with Crippen LogP contribution >= 0.6 is 0 Å². The minimum Gasteiger partial charge on any atom is -0.247 e. The van der Waals surface area contributed by atoms with Crippen LogP contribution in [0.2, 0.25) is 0 Å². The highest BCUT2D eigenvalue weighted by Crippen LogP contribution is 2.39. The fraction of sp³-hybridized carbons (Fsp3) is 0. The highest BCUT2D eigenvalue weighted by molar-refractivity contribution is 6.21. The summed E-state index contributed by atoms with van der Waals surface area (Å²) in [6.07, 6.45) is 0. The van der Waals surface area contributed by atoms with Gasteiger partial charge in [0.15, 0.2) is 17.5 Å². The normalized spacial score (nSPS) is 11.3. The molecule has 0 N–H and O–H groups in total. The fourth-order valence-corrected chi connectivity index (χ4v) is 6.53. The Morgan fingerprint density at radius 2 is 0.771 bits per heavy atom. The average Bonchev–Trinajstić information content (AvgIpc) is 3.18. The van der Waals surface area contributed by atoms with Crippen LogP contribution in [-0.4, -0.2) is 19.9 Å². The van der Waals surface area contributed by atoms with Crippen molar-refractivity contribution in [3.8, 4) is 56.5 Å². The third-order valence-corrected chi connectivity index (χ3v) is 8.89. The van der Waals surface area contributed by atoms with Crippen LogP contribution in [0.3, 0.4) is 0 Å². The lowest BCUT2D eigenvalue weighted by Gasteiger charge is -2.15. The van der Waals surface area contributed by atoms with E-state index in [0.29, 0.717) is 17.5 Å². The third kappa shape index (κ3) is 4.97. The molecule has 0 saturated heterocycles. The number of hydrogen-bond acceptors (Lipinski definition) is 4. The summed E-state index contributed by atoms with van der Waals surface area (Å²) in [5.41, 5.74) is 8.10. The Balaban J connectivity index is 1.26. The van der Waals surface area contributed by atoms with Gasteiger partial charge < -0.3 is 0 Å². The van der Waals surface area contributed by atoms with Crippen molar-refractivity contribution >= 4 is 32.4 Å². The molecule has 0 saturated carbocycles. The zero-order chi connectivity index (χ0) is 31.9. The van der Waals surface area contributed by atoms with E-state index in [1.807, 2.05) is 66.7 Å². The molecule has 4 heteroatoms. The predicted molar refractivity (Wildman–Crippen MR) is 197 cm³/mol. The third-order valence-electron chi connectivity index (χ3n) is 8.89. The first-order valence-electron chi connectivity index (χ1n) is 16.1. The van der Waals surface area contributed by atoms with Gasteiger partial charge in [-0.2, -0.15) is 0 Å². The molecule has 2 aromatic heterocycles. The smallest absolute Gasteiger partial charge is 0.164 e. The molecule has 9 aromatic rings. The van der Waals surface area contributed by atoms with E-state index in [-0.39, 0.29) is 0 Å². The van der Waals surface area contributed by atoms with Crippen molar-refractivity contribution < 1.29 is 0 Å². The molecule has 0 atom stereocenters. The molecular weight excluding hydrogens is 585 g/mol. The van der Waals surface area contributed by atoms with Gasteiger partial charge in [-0.1, -0.05) is 158 Å². The Morgan fingerprint density at radius 1 is 0.292 bits per heavy atom. The van der Waals surface area contributed by atoms with Crippen LogP contribution in [0.25, 0.3) is 89.0 Å². The molecule has 0 unspecified atom stereocenters. The van der Waals surface area contributed by atoms with Gasteiger partial charge in [0, 0.05) is 33.0 Å². The second-order valence-corrected chi connectivity index (χ2v) is 11.9. The van der Waals surface area contributed by atoms with Gasteiger partial charge in [0.05, 0.1) is 11.2 Å². The number of pyridine rings is 1. The number of fused-ring (bicyclic) bond motifs is 5. The van der Waals surface area contributed by atoms with E-state index in [4.69, 9.17) is 19.9 Å². The van der Waals surface area contributed by atoms with Gasteiger partial charge in [-0.15, -0.1) is 0 Å². The summed E-state index contributed by atoms with van der Waals surface area (Å²) >= 11 is 0. The Bertz CT molecular complexity index is 2530. The maximum atomic E-state index is 5.38. The molecule has 4 nitrogen and oxygen atoms in total. The van der Waals surface area contributed by atoms with Gasteiger partial charge in [-0.3, -0.25) is 0 Å². The molecule has 224 valence electrons. The van der Waals surface area contributed by atoms with Gasteiger partial charge in [0.25, 0.3) is 0 Å². The van der Waals surface area contributed by atoms with E-state index < -0.39 is 0 Å². The average molecular weight is 613 g/mol. The Kier molecular flexibility index (Phi) is 6.76. The molecule has 7 aromatic carbocycles. The number of hydrogen-bond donors (Lipinski definition) is 0. The van der Waals surface area contributed by atoms with Crippen LogP contribution < -0.4 is 0 Å². The van der Waals surface area contributed by atoms with E-state index in [1.54, 1.807) is 0 Å². The van der Waals surface area contributed by atoms with Gasteiger partial charge in [-0.25, -0.2) is 19.9 Å². The molecule has 0 aliphatic rings.